The summed E-state index contributed by atoms with van der Waals surface area (Å²) in [5.41, 5.74) is 1.20. The van der Waals surface area contributed by atoms with Gasteiger partial charge in [0, 0.05) is 0 Å². The van der Waals surface area contributed by atoms with Gasteiger partial charge in [0.25, 0.3) is 11.1 Å². The summed E-state index contributed by atoms with van der Waals surface area (Å²) in [4.78, 5) is 31.0. The SMILES string of the molecule is COc1ccccc1-n1c(SCn2nnc3ccccc3c2=O)nc2ccccc2c1=O. The fourth-order valence-corrected chi connectivity index (χ4v) is 4.34. The van der Waals surface area contributed by atoms with Gasteiger partial charge in [0.15, 0.2) is 5.16 Å². The average Bonchev–Trinajstić information content (AvgIpc) is 2.84. The summed E-state index contributed by atoms with van der Waals surface area (Å²) in [6, 6.07) is 21.4. The van der Waals surface area contributed by atoms with Crippen LogP contribution in [0.25, 0.3) is 27.5 Å². The highest BCUT2D eigenvalue weighted by Crippen LogP contribution is 2.27. The van der Waals surface area contributed by atoms with Crippen molar-refractivity contribution >= 4 is 33.6 Å². The van der Waals surface area contributed by atoms with Gasteiger partial charge < -0.3 is 4.74 Å². The Hall–Kier alpha value is -3.98. The van der Waals surface area contributed by atoms with E-state index in [-0.39, 0.29) is 17.0 Å². The quantitative estimate of drug-likeness (QED) is 0.304. The van der Waals surface area contributed by atoms with Crippen molar-refractivity contribution in [2.45, 2.75) is 11.0 Å². The number of hydrogen-bond donors (Lipinski definition) is 0. The molecule has 0 unspecified atom stereocenters. The van der Waals surface area contributed by atoms with Crippen LogP contribution in [0.15, 0.2) is 87.5 Å². The molecule has 2 aromatic heterocycles. The molecule has 158 valence electrons. The van der Waals surface area contributed by atoms with Gasteiger partial charge in [-0.1, -0.05) is 53.4 Å². The van der Waals surface area contributed by atoms with Crippen molar-refractivity contribution in [1.29, 1.82) is 0 Å². The third-order valence-electron chi connectivity index (χ3n) is 5.02. The number of nitrogens with zero attached hydrogens (tertiary/aromatic N) is 5. The molecule has 2 heterocycles. The summed E-state index contributed by atoms with van der Waals surface area (Å²) in [7, 11) is 1.55. The maximum absolute atomic E-state index is 13.4. The molecular weight excluding hydrogens is 426 g/mol. The number of aromatic nitrogens is 5. The van der Waals surface area contributed by atoms with Gasteiger partial charge in [-0.2, -0.15) is 4.68 Å². The average molecular weight is 443 g/mol. The normalized spacial score (nSPS) is 11.2. The Labute approximate surface area is 186 Å². The molecule has 0 amide bonds. The number of hydrogen-bond acceptors (Lipinski definition) is 7. The fraction of sp³-hybridized carbons (Fsp3) is 0.0870. The predicted octanol–water partition coefficient (Wildman–Crippen LogP) is 3.25. The smallest absolute Gasteiger partial charge is 0.278 e. The van der Waals surface area contributed by atoms with Crippen molar-refractivity contribution in [3.8, 4) is 11.4 Å². The summed E-state index contributed by atoms with van der Waals surface area (Å²) < 4.78 is 8.25. The van der Waals surface area contributed by atoms with Crippen LogP contribution in [0.4, 0.5) is 0 Å². The third-order valence-corrected chi connectivity index (χ3v) is 5.92. The zero-order valence-corrected chi connectivity index (χ0v) is 17.8. The van der Waals surface area contributed by atoms with Crippen molar-refractivity contribution < 1.29 is 4.74 Å². The molecule has 5 aromatic rings. The van der Waals surface area contributed by atoms with Crippen molar-refractivity contribution in [3.63, 3.8) is 0 Å². The molecule has 8 nitrogen and oxygen atoms in total. The second kappa shape index (κ2) is 8.27. The number of rotatable bonds is 5. The van der Waals surface area contributed by atoms with E-state index in [0.29, 0.717) is 38.4 Å². The number of ether oxygens (including phenoxy) is 1. The van der Waals surface area contributed by atoms with E-state index in [2.05, 4.69) is 10.3 Å². The monoisotopic (exact) mass is 443 g/mol. The Kier molecular flexibility index (Phi) is 5.16. The van der Waals surface area contributed by atoms with Crippen LogP contribution in [-0.2, 0) is 5.88 Å². The van der Waals surface area contributed by atoms with Crippen LogP contribution >= 0.6 is 11.8 Å². The lowest BCUT2D eigenvalue weighted by Crippen LogP contribution is -2.25. The maximum atomic E-state index is 13.4. The molecule has 0 aliphatic heterocycles. The Bertz CT molecular complexity index is 1580. The minimum absolute atomic E-state index is 0.136. The first kappa shape index (κ1) is 20.0. The van der Waals surface area contributed by atoms with Gasteiger partial charge in [-0.25, -0.2) is 4.98 Å². The van der Waals surface area contributed by atoms with Gasteiger partial charge in [-0.15, -0.1) is 5.10 Å². The van der Waals surface area contributed by atoms with E-state index in [9.17, 15) is 9.59 Å². The van der Waals surface area contributed by atoms with E-state index in [0.717, 1.165) is 0 Å². The molecule has 0 aliphatic rings. The van der Waals surface area contributed by atoms with Crippen LogP contribution in [0, 0.1) is 0 Å². The standard InChI is InChI=1S/C23H17N5O3S/c1-31-20-13-7-6-12-19(20)28-22(30)15-8-2-4-10-17(15)24-23(28)32-14-27-21(29)16-9-3-5-11-18(16)25-26-27/h2-13H,14H2,1H3. The van der Waals surface area contributed by atoms with E-state index in [1.54, 1.807) is 61.7 Å². The highest BCUT2D eigenvalue weighted by atomic mass is 32.2. The lowest BCUT2D eigenvalue weighted by atomic mass is 10.2. The molecule has 0 saturated carbocycles. The fourth-order valence-electron chi connectivity index (χ4n) is 3.46. The summed E-state index contributed by atoms with van der Waals surface area (Å²) in [6.07, 6.45) is 0. The second-order valence-corrected chi connectivity index (χ2v) is 7.82. The summed E-state index contributed by atoms with van der Waals surface area (Å²) in [5.74, 6) is 0.674. The van der Waals surface area contributed by atoms with Crippen LogP contribution in [0.1, 0.15) is 0 Å². The molecule has 3 aromatic carbocycles. The molecule has 32 heavy (non-hydrogen) atoms. The molecule has 0 N–H and O–H groups in total. The molecular formula is C23H17N5O3S. The van der Waals surface area contributed by atoms with Crippen LogP contribution in [0.5, 0.6) is 5.75 Å². The van der Waals surface area contributed by atoms with Crippen LogP contribution in [-0.4, -0.2) is 31.7 Å². The number of benzene rings is 3. The van der Waals surface area contributed by atoms with E-state index in [1.165, 1.54) is 21.0 Å². The lowest BCUT2D eigenvalue weighted by molar-refractivity contribution is 0.411. The van der Waals surface area contributed by atoms with E-state index < -0.39 is 0 Å². The minimum Gasteiger partial charge on any atom is -0.495 e. The number of para-hydroxylation sites is 3. The van der Waals surface area contributed by atoms with Crippen molar-refractivity contribution in [1.82, 2.24) is 24.5 Å². The summed E-state index contributed by atoms with van der Waals surface area (Å²) in [5, 5.41) is 9.55. The van der Waals surface area contributed by atoms with Gasteiger partial charge in [0.05, 0.1) is 35.0 Å². The Morgan fingerprint density at radius 1 is 0.844 bits per heavy atom. The van der Waals surface area contributed by atoms with E-state index >= 15 is 0 Å². The summed E-state index contributed by atoms with van der Waals surface area (Å²) >= 11 is 1.22. The third kappa shape index (κ3) is 3.42. The molecule has 0 bridgehead atoms. The molecule has 5 rings (SSSR count). The Morgan fingerprint density at radius 2 is 1.50 bits per heavy atom. The van der Waals surface area contributed by atoms with Crippen molar-refractivity contribution in [2.24, 2.45) is 0 Å². The van der Waals surface area contributed by atoms with E-state index in [1.807, 2.05) is 18.2 Å². The van der Waals surface area contributed by atoms with Crippen molar-refractivity contribution in [2.75, 3.05) is 7.11 Å². The van der Waals surface area contributed by atoms with Crippen LogP contribution in [0.3, 0.4) is 0 Å². The van der Waals surface area contributed by atoms with Gasteiger partial charge in [-0.05, 0) is 36.4 Å². The highest BCUT2D eigenvalue weighted by molar-refractivity contribution is 7.98. The van der Waals surface area contributed by atoms with E-state index in [4.69, 9.17) is 9.72 Å². The molecule has 0 atom stereocenters. The minimum atomic E-state index is -0.255. The molecule has 0 fully saturated rings. The topological polar surface area (TPSA) is 91.9 Å². The number of fused-ring (bicyclic) bond motifs is 2. The zero-order chi connectivity index (χ0) is 22.1. The number of thioether (sulfide) groups is 1. The van der Waals surface area contributed by atoms with Gasteiger partial charge >= 0.3 is 0 Å². The first-order valence-electron chi connectivity index (χ1n) is 9.78. The van der Waals surface area contributed by atoms with Crippen LogP contribution < -0.4 is 15.9 Å². The predicted molar refractivity (Wildman–Crippen MR) is 124 cm³/mol. The van der Waals surface area contributed by atoms with Gasteiger partial charge in [0.2, 0.25) is 0 Å². The summed E-state index contributed by atoms with van der Waals surface area (Å²) in [6.45, 7) is 0. The zero-order valence-electron chi connectivity index (χ0n) is 17.0. The molecule has 9 heteroatoms. The van der Waals surface area contributed by atoms with Gasteiger partial charge in [-0.3, -0.25) is 14.2 Å². The Morgan fingerprint density at radius 3 is 2.28 bits per heavy atom. The molecule has 0 saturated heterocycles. The van der Waals surface area contributed by atoms with Gasteiger partial charge in [0.1, 0.15) is 11.3 Å². The van der Waals surface area contributed by atoms with Crippen LogP contribution in [0.2, 0.25) is 0 Å². The number of methoxy groups -OCH3 is 1. The second-order valence-electron chi connectivity index (χ2n) is 6.91. The highest BCUT2D eigenvalue weighted by Gasteiger charge is 2.17. The molecule has 0 radical (unpaired) electrons. The molecule has 0 aliphatic carbocycles. The largest absolute Gasteiger partial charge is 0.495 e. The molecule has 0 spiro atoms. The lowest BCUT2D eigenvalue weighted by Gasteiger charge is -2.15. The first-order valence-corrected chi connectivity index (χ1v) is 10.8. The Balaban J connectivity index is 1.65. The maximum Gasteiger partial charge on any atom is 0.278 e. The first-order chi connectivity index (χ1) is 15.7. The van der Waals surface area contributed by atoms with Crippen molar-refractivity contribution in [3.05, 3.63) is 93.5 Å².